The zero-order chi connectivity index (χ0) is 11.5. The highest BCUT2D eigenvalue weighted by atomic mass is 35.5. The van der Waals surface area contributed by atoms with Gasteiger partial charge >= 0.3 is 0 Å². The average Bonchev–Trinajstić information content (AvgIpc) is 2.61. The molecule has 92 valence electrons. The first-order chi connectivity index (χ1) is 6.92. The molecule has 3 N–H and O–H groups in total. The Bertz CT molecular complexity index is 343. The normalized spacial score (nSPS) is 10.8. The van der Waals surface area contributed by atoms with Crippen LogP contribution in [-0.4, -0.2) is 27.8 Å². The molecule has 0 saturated carbocycles. The Morgan fingerprint density at radius 2 is 2.25 bits per heavy atom. The van der Waals surface area contributed by atoms with Crippen LogP contribution in [-0.2, 0) is 6.54 Å². The summed E-state index contributed by atoms with van der Waals surface area (Å²) >= 11 is 0. The van der Waals surface area contributed by atoms with Crippen LogP contribution in [0.2, 0.25) is 0 Å². The van der Waals surface area contributed by atoms with Crippen molar-refractivity contribution >= 4 is 18.3 Å². The SMILES string of the molecule is CCn1cc(C(=O)NCC(C)(C)N)cn1.Cl. The lowest BCUT2D eigenvalue weighted by atomic mass is 10.1. The van der Waals surface area contributed by atoms with Crippen LogP contribution in [0.15, 0.2) is 12.4 Å². The predicted molar refractivity (Wildman–Crippen MR) is 65.7 cm³/mol. The highest BCUT2D eigenvalue weighted by Gasteiger charge is 2.14. The number of nitrogens with zero attached hydrogens (tertiary/aromatic N) is 2. The summed E-state index contributed by atoms with van der Waals surface area (Å²) in [6.07, 6.45) is 3.28. The molecule has 0 aromatic carbocycles. The highest BCUT2D eigenvalue weighted by molar-refractivity contribution is 5.93. The fraction of sp³-hybridized carbons (Fsp3) is 0.600. The molecule has 1 aromatic heterocycles. The zero-order valence-electron chi connectivity index (χ0n) is 9.86. The molecule has 1 rings (SSSR count). The van der Waals surface area contributed by atoms with E-state index in [2.05, 4.69) is 10.4 Å². The Kier molecular flexibility index (Phi) is 5.47. The van der Waals surface area contributed by atoms with E-state index < -0.39 is 5.54 Å². The molecule has 0 bridgehead atoms. The molecule has 0 spiro atoms. The molecule has 1 heterocycles. The largest absolute Gasteiger partial charge is 0.350 e. The monoisotopic (exact) mass is 246 g/mol. The van der Waals surface area contributed by atoms with E-state index in [9.17, 15) is 4.79 Å². The fourth-order valence-electron chi connectivity index (χ4n) is 1.06. The number of aryl methyl sites for hydroxylation is 1. The second kappa shape index (κ2) is 5.86. The Morgan fingerprint density at radius 1 is 1.62 bits per heavy atom. The van der Waals surface area contributed by atoms with Gasteiger partial charge in [-0.15, -0.1) is 12.4 Å². The van der Waals surface area contributed by atoms with Gasteiger partial charge < -0.3 is 11.1 Å². The summed E-state index contributed by atoms with van der Waals surface area (Å²) in [6, 6.07) is 0. The molecule has 5 nitrogen and oxygen atoms in total. The van der Waals surface area contributed by atoms with Gasteiger partial charge in [0.15, 0.2) is 0 Å². The van der Waals surface area contributed by atoms with E-state index in [0.29, 0.717) is 12.1 Å². The van der Waals surface area contributed by atoms with Crippen LogP contribution in [0, 0.1) is 0 Å². The van der Waals surface area contributed by atoms with E-state index in [1.807, 2.05) is 20.8 Å². The van der Waals surface area contributed by atoms with Crippen LogP contribution in [0.1, 0.15) is 31.1 Å². The van der Waals surface area contributed by atoms with Crippen molar-refractivity contribution in [3.05, 3.63) is 18.0 Å². The topological polar surface area (TPSA) is 72.9 Å². The van der Waals surface area contributed by atoms with Crippen molar-refractivity contribution in [2.45, 2.75) is 32.9 Å². The molecule has 0 aliphatic carbocycles. The van der Waals surface area contributed by atoms with Gasteiger partial charge in [-0.2, -0.15) is 5.10 Å². The molecule has 0 fully saturated rings. The number of nitrogens with one attached hydrogen (secondary N) is 1. The van der Waals surface area contributed by atoms with Gasteiger partial charge in [0.05, 0.1) is 11.8 Å². The van der Waals surface area contributed by atoms with Crippen molar-refractivity contribution in [2.75, 3.05) is 6.54 Å². The molecule has 6 heteroatoms. The number of hydrogen-bond acceptors (Lipinski definition) is 3. The van der Waals surface area contributed by atoms with E-state index >= 15 is 0 Å². The Balaban J connectivity index is 0.00000225. The van der Waals surface area contributed by atoms with Crippen LogP contribution in [0.3, 0.4) is 0 Å². The maximum absolute atomic E-state index is 11.6. The summed E-state index contributed by atoms with van der Waals surface area (Å²) in [5, 5.41) is 6.78. The molecule has 0 atom stereocenters. The maximum Gasteiger partial charge on any atom is 0.254 e. The van der Waals surface area contributed by atoms with Gasteiger partial charge in [0.2, 0.25) is 0 Å². The predicted octanol–water partition coefficient (Wildman–Crippen LogP) is 0.792. The lowest BCUT2D eigenvalue weighted by Gasteiger charge is -2.18. The zero-order valence-corrected chi connectivity index (χ0v) is 10.7. The third-order valence-corrected chi connectivity index (χ3v) is 1.92. The number of halogens is 1. The van der Waals surface area contributed by atoms with Gasteiger partial charge in [-0.3, -0.25) is 9.48 Å². The molecule has 1 amide bonds. The van der Waals surface area contributed by atoms with E-state index in [0.717, 1.165) is 6.54 Å². The molecule has 0 unspecified atom stereocenters. The number of nitrogens with two attached hydrogens (primary N) is 1. The second-order valence-corrected chi connectivity index (χ2v) is 4.26. The maximum atomic E-state index is 11.6. The summed E-state index contributed by atoms with van der Waals surface area (Å²) in [7, 11) is 0. The van der Waals surface area contributed by atoms with Crippen molar-refractivity contribution in [3.8, 4) is 0 Å². The van der Waals surface area contributed by atoms with E-state index in [1.165, 1.54) is 0 Å². The Hall–Kier alpha value is -1.07. The molecule has 0 radical (unpaired) electrons. The van der Waals surface area contributed by atoms with Gasteiger partial charge in [0, 0.05) is 24.8 Å². The number of hydrogen-bond donors (Lipinski definition) is 2. The first kappa shape index (κ1) is 14.9. The Morgan fingerprint density at radius 3 is 2.69 bits per heavy atom. The van der Waals surface area contributed by atoms with E-state index in [4.69, 9.17) is 5.73 Å². The number of aromatic nitrogens is 2. The first-order valence-corrected chi connectivity index (χ1v) is 5.02. The fourth-order valence-corrected chi connectivity index (χ4v) is 1.06. The van der Waals surface area contributed by atoms with Crippen LogP contribution in [0.4, 0.5) is 0 Å². The summed E-state index contributed by atoms with van der Waals surface area (Å²) < 4.78 is 1.71. The lowest BCUT2D eigenvalue weighted by Crippen LogP contribution is -2.45. The van der Waals surface area contributed by atoms with Crippen molar-refractivity contribution in [3.63, 3.8) is 0 Å². The second-order valence-electron chi connectivity index (χ2n) is 4.26. The van der Waals surface area contributed by atoms with E-state index in [-0.39, 0.29) is 18.3 Å². The number of rotatable bonds is 4. The van der Waals surface area contributed by atoms with Gasteiger partial charge in [-0.05, 0) is 20.8 Å². The standard InChI is InChI=1S/C10H18N4O.ClH/c1-4-14-6-8(5-13-14)9(15)12-7-10(2,3)11;/h5-6H,4,7,11H2,1-3H3,(H,12,15);1H. The molecular formula is C10H19ClN4O. The quantitative estimate of drug-likeness (QED) is 0.825. The van der Waals surface area contributed by atoms with Crippen LogP contribution in [0.25, 0.3) is 0 Å². The van der Waals surface area contributed by atoms with Gasteiger partial charge in [-0.1, -0.05) is 0 Å². The number of carbonyl (C=O) groups is 1. The van der Waals surface area contributed by atoms with Crippen molar-refractivity contribution < 1.29 is 4.79 Å². The number of carbonyl (C=O) groups excluding carboxylic acids is 1. The molecular weight excluding hydrogens is 228 g/mol. The molecule has 1 aromatic rings. The first-order valence-electron chi connectivity index (χ1n) is 5.02. The van der Waals surface area contributed by atoms with Crippen molar-refractivity contribution in [1.82, 2.24) is 15.1 Å². The minimum Gasteiger partial charge on any atom is -0.350 e. The van der Waals surface area contributed by atoms with Crippen molar-refractivity contribution in [2.24, 2.45) is 5.73 Å². The summed E-state index contributed by atoms with van der Waals surface area (Å²) in [4.78, 5) is 11.6. The lowest BCUT2D eigenvalue weighted by molar-refractivity contribution is 0.0946. The minimum atomic E-state index is -0.392. The van der Waals surface area contributed by atoms with Gasteiger partial charge in [0.25, 0.3) is 5.91 Å². The molecule has 16 heavy (non-hydrogen) atoms. The van der Waals surface area contributed by atoms with Crippen LogP contribution < -0.4 is 11.1 Å². The smallest absolute Gasteiger partial charge is 0.254 e. The Labute approximate surface area is 102 Å². The molecule has 0 aliphatic heterocycles. The highest BCUT2D eigenvalue weighted by Crippen LogP contribution is 1.99. The summed E-state index contributed by atoms with van der Waals surface area (Å²) in [5.74, 6) is -0.131. The summed E-state index contributed by atoms with van der Waals surface area (Å²) in [6.45, 7) is 6.90. The molecule has 0 saturated heterocycles. The third-order valence-electron chi connectivity index (χ3n) is 1.92. The van der Waals surface area contributed by atoms with Gasteiger partial charge in [0.1, 0.15) is 0 Å². The average molecular weight is 247 g/mol. The molecule has 0 aliphatic rings. The summed E-state index contributed by atoms with van der Waals surface area (Å²) in [5.41, 5.74) is 5.94. The van der Waals surface area contributed by atoms with Gasteiger partial charge in [-0.25, -0.2) is 0 Å². The third kappa shape index (κ3) is 4.63. The van der Waals surface area contributed by atoms with E-state index in [1.54, 1.807) is 17.1 Å². The van der Waals surface area contributed by atoms with Crippen LogP contribution >= 0.6 is 12.4 Å². The number of amides is 1. The minimum absolute atomic E-state index is 0. The van der Waals surface area contributed by atoms with Crippen molar-refractivity contribution in [1.29, 1.82) is 0 Å². The van der Waals surface area contributed by atoms with Crippen LogP contribution in [0.5, 0.6) is 0 Å².